The minimum Gasteiger partial charge on any atom is -0.486 e. The molecule has 1 heterocycles. The summed E-state index contributed by atoms with van der Waals surface area (Å²) < 4.78 is 94.6. The summed E-state index contributed by atoms with van der Waals surface area (Å²) in [6, 6.07) is 2.79. The average Bonchev–Trinajstić information content (AvgIpc) is 3.61. The second-order valence-corrected chi connectivity index (χ2v) is 13.1. The lowest BCUT2D eigenvalue weighted by Crippen LogP contribution is -2.44. The number of benzene rings is 1. The number of fused-ring (bicyclic) bond motifs is 1. The van der Waals surface area contributed by atoms with Crippen molar-refractivity contribution in [1.82, 2.24) is 0 Å². The molecule has 4 aliphatic rings. The van der Waals surface area contributed by atoms with Crippen molar-refractivity contribution in [2.45, 2.75) is 69.9 Å². The molecule has 6 atom stereocenters. The van der Waals surface area contributed by atoms with Gasteiger partial charge in [-0.25, -0.2) is 4.79 Å². The molecular weight excluding hydrogens is 573 g/mol. The van der Waals surface area contributed by atoms with Crippen molar-refractivity contribution in [3.63, 3.8) is 0 Å². The number of halogens is 3. The van der Waals surface area contributed by atoms with Crippen LogP contribution in [0.25, 0.3) is 0 Å². The molecule has 10 nitrogen and oxygen atoms in total. The van der Waals surface area contributed by atoms with Crippen LogP contribution < -0.4 is 4.74 Å². The third kappa shape index (κ3) is 5.52. The van der Waals surface area contributed by atoms with Crippen LogP contribution in [0.5, 0.6) is 5.75 Å². The molecule has 1 aromatic carbocycles. The van der Waals surface area contributed by atoms with Crippen molar-refractivity contribution in [1.29, 1.82) is 0 Å². The molecule has 1 aliphatic heterocycles. The summed E-state index contributed by atoms with van der Waals surface area (Å²) in [5.41, 5.74) is -2.01. The van der Waals surface area contributed by atoms with E-state index in [2.05, 4.69) is 0 Å². The van der Waals surface area contributed by atoms with Crippen LogP contribution in [-0.4, -0.2) is 61.0 Å². The molecule has 0 radical (unpaired) electrons. The normalized spacial score (nSPS) is 30.0. The van der Waals surface area contributed by atoms with Gasteiger partial charge in [-0.15, -0.1) is 0 Å². The maximum Gasteiger partial charge on any atom is 0.419 e. The second-order valence-electron chi connectivity index (χ2n) is 11.6. The number of hydrogen-bond donors (Lipinski definition) is 1. The van der Waals surface area contributed by atoms with Crippen LogP contribution in [0.15, 0.2) is 18.2 Å². The van der Waals surface area contributed by atoms with Gasteiger partial charge in [0.2, 0.25) is 0 Å². The first kappa shape index (κ1) is 29.6. The summed E-state index contributed by atoms with van der Waals surface area (Å²) in [6.45, 7) is 3.13. The standard InChI is InChI=1S/C27H31F3O10S/c1-13(2)26(7-3-4-8-26)40-18-11-14(5-6-17(18)27(28,29)30)23(31)38-21-15-12-16-20(25(33)39-22(16)21)19(15)24(32)37-9-10-41(34,35)36/h5-6,11,13,15-16,19-22H,3-4,7-10,12H2,1-2H3,(H,34,35,36). The zero-order valence-electron chi connectivity index (χ0n) is 22.4. The molecule has 14 heteroatoms. The molecule has 1 saturated heterocycles. The van der Waals surface area contributed by atoms with Gasteiger partial charge in [0.25, 0.3) is 10.1 Å². The molecule has 5 rings (SSSR count). The van der Waals surface area contributed by atoms with Crippen LogP contribution in [0.2, 0.25) is 0 Å². The smallest absolute Gasteiger partial charge is 0.419 e. The van der Waals surface area contributed by atoms with Crippen molar-refractivity contribution < 1.29 is 59.5 Å². The largest absolute Gasteiger partial charge is 0.486 e. The molecule has 0 aromatic heterocycles. The van der Waals surface area contributed by atoms with E-state index in [1.807, 2.05) is 13.8 Å². The first-order valence-corrected chi connectivity index (χ1v) is 15.2. The maximum absolute atomic E-state index is 13.9. The highest BCUT2D eigenvalue weighted by Gasteiger charge is 2.70. The van der Waals surface area contributed by atoms with E-state index in [0.29, 0.717) is 19.3 Å². The topological polar surface area (TPSA) is 142 Å². The lowest BCUT2D eigenvalue weighted by molar-refractivity contribution is -0.155. The fourth-order valence-electron chi connectivity index (χ4n) is 6.96. The van der Waals surface area contributed by atoms with E-state index in [-0.39, 0.29) is 11.5 Å². The third-order valence-corrected chi connectivity index (χ3v) is 9.67. The number of carbonyl (C=O) groups excluding carboxylic acids is 3. The Balaban J connectivity index is 1.37. The van der Waals surface area contributed by atoms with Gasteiger partial charge in [-0.1, -0.05) is 13.8 Å². The molecule has 41 heavy (non-hydrogen) atoms. The minimum atomic E-state index is -4.73. The Morgan fingerprint density at radius 2 is 1.85 bits per heavy atom. The van der Waals surface area contributed by atoms with Gasteiger partial charge in [-0.2, -0.15) is 21.6 Å². The van der Waals surface area contributed by atoms with Crippen molar-refractivity contribution >= 4 is 28.0 Å². The number of rotatable bonds is 9. The number of alkyl halides is 3. The fraction of sp³-hybridized carbons (Fsp3) is 0.667. The molecule has 1 N–H and O–H groups in total. The van der Waals surface area contributed by atoms with E-state index >= 15 is 0 Å². The highest BCUT2D eigenvalue weighted by molar-refractivity contribution is 7.85. The van der Waals surface area contributed by atoms with Gasteiger partial charge in [0.15, 0.2) is 0 Å². The predicted octanol–water partition coefficient (Wildman–Crippen LogP) is 3.82. The Bertz CT molecular complexity index is 1340. The van der Waals surface area contributed by atoms with Crippen LogP contribution in [0.3, 0.4) is 0 Å². The summed E-state index contributed by atoms with van der Waals surface area (Å²) >= 11 is 0. The number of carbonyl (C=O) groups is 3. The van der Waals surface area contributed by atoms with Gasteiger partial charge in [0.1, 0.15) is 35.9 Å². The first-order valence-electron chi connectivity index (χ1n) is 13.5. The zero-order valence-corrected chi connectivity index (χ0v) is 23.2. The summed E-state index contributed by atoms with van der Waals surface area (Å²) in [4.78, 5) is 38.6. The van der Waals surface area contributed by atoms with Gasteiger partial charge in [0.05, 0.1) is 23.0 Å². The van der Waals surface area contributed by atoms with Gasteiger partial charge in [0, 0.05) is 11.8 Å². The Morgan fingerprint density at radius 3 is 2.46 bits per heavy atom. The highest BCUT2D eigenvalue weighted by atomic mass is 32.2. The van der Waals surface area contributed by atoms with E-state index in [1.54, 1.807) is 0 Å². The predicted molar refractivity (Wildman–Crippen MR) is 133 cm³/mol. The van der Waals surface area contributed by atoms with Crippen LogP contribution in [0.1, 0.15) is 61.9 Å². The van der Waals surface area contributed by atoms with Crippen LogP contribution >= 0.6 is 0 Å². The molecule has 1 aromatic rings. The molecular formula is C27H31F3O10S. The summed E-state index contributed by atoms with van der Waals surface area (Å²) in [7, 11) is -4.38. The van der Waals surface area contributed by atoms with Gasteiger partial charge in [-0.05, 0) is 56.2 Å². The molecule has 226 valence electrons. The Kier molecular flexibility index (Phi) is 7.54. The second kappa shape index (κ2) is 10.4. The van der Waals surface area contributed by atoms with Gasteiger partial charge in [-0.3, -0.25) is 14.1 Å². The van der Waals surface area contributed by atoms with Gasteiger partial charge < -0.3 is 18.9 Å². The number of esters is 3. The lowest BCUT2D eigenvalue weighted by Gasteiger charge is -2.35. The molecule has 4 fully saturated rings. The minimum absolute atomic E-state index is 0.0742. The van der Waals surface area contributed by atoms with Crippen molar-refractivity contribution in [3.8, 4) is 5.75 Å². The Hall–Kier alpha value is -2.87. The van der Waals surface area contributed by atoms with Crippen molar-refractivity contribution in [3.05, 3.63) is 29.3 Å². The fourth-order valence-corrected chi connectivity index (χ4v) is 7.26. The monoisotopic (exact) mass is 604 g/mol. The molecule has 0 spiro atoms. The summed E-state index contributed by atoms with van der Waals surface area (Å²) in [5, 5.41) is 0. The summed E-state index contributed by atoms with van der Waals surface area (Å²) in [6.07, 6.45) is -3.52. The highest BCUT2D eigenvalue weighted by Crippen LogP contribution is 2.59. The van der Waals surface area contributed by atoms with E-state index < -0.39 is 99.4 Å². The average molecular weight is 605 g/mol. The SMILES string of the molecule is CC(C)C1(Oc2cc(C(=O)OC3C4CC5C3OC(=O)C5C4C(=O)OCCS(=O)(=O)O)ccc2C(F)(F)F)CCCC1. The quantitative estimate of drug-likeness (QED) is 0.251. The van der Waals surface area contributed by atoms with E-state index in [0.717, 1.165) is 31.0 Å². The summed E-state index contributed by atoms with van der Waals surface area (Å²) in [5.74, 6) is -6.92. The maximum atomic E-state index is 13.9. The van der Waals surface area contributed by atoms with E-state index in [4.69, 9.17) is 23.5 Å². The van der Waals surface area contributed by atoms with E-state index in [9.17, 15) is 36.0 Å². The Labute approximate surface area is 234 Å². The zero-order chi connectivity index (χ0) is 29.9. The number of ether oxygens (including phenoxy) is 4. The third-order valence-electron chi connectivity index (χ3n) is 8.98. The molecule has 3 aliphatic carbocycles. The van der Waals surface area contributed by atoms with E-state index in [1.165, 1.54) is 0 Å². The molecule has 2 bridgehead atoms. The van der Waals surface area contributed by atoms with Crippen LogP contribution in [0.4, 0.5) is 13.2 Å². The van der Waals surface area contributed by atoms with Crippen molar-refractivity contribution in [2.75, 3.05) is 12.4 Å². The van der Waals surface area contributed by atoms with Crippen LogP contribution in [0, 0.1) is 29.6 Å². The first-order chi connectivity index (χ1) is 19.1. The molecule has 0 amide bonds. The number of hydrogen-bond acceptors (Lipinski definition) is 9. The molecule has 6 unspecified atom stereocenters. The van der Waals surface area contributed by atoms with Crippen molar-refractivity contribution in [2.24, 2.45) is 29.6 Å². The lowest BCUT2D eigenvalue weighted by atomic mass is 9.78. The van der Waals surface area contributed by atoms with Crippen LogP contribution in [-0.2, 0) is 40.1 Å². The Morgan fingerprint density at radius 1 is 1.17 bits per heavy atom. The molecule has 3 saturated carbocycles. The van der Waals surface area contributed by atoms with Gasteiger partial charge >= 0.3 is 24.1 Å².